The maximum Gasteiger partial charge on any atom is 0.254 e. The lowest BCUT2D eigenvalue weighted by Gasteiger charge is -2.32. The molecule has 5 rings (SSSR count). The zero-order valence-corrected chi connectivity index (χ0v) is 23.8. The number of methoxy groups -OCH3 is 1. The number of nitrogens with two attached hydrogens (primary N) is 1. The van der Waals surface area contributed by atoms with E-state index in [2.05, 4.69) is 32.3 Å². The highest BCUT2D eigenvalue weighted by Crippen LogP contribution is 2.34. The molecule has 4 N–H and O–H groups in total. The van der Waals surface area contributed by atoms with Gasteiger partial charge < -0.3 is 30.9 Å². The molecule has 0 aliphatic carbocycles. The van der Waals surface area contributed by atoms with Crippen molar-refractivity contribution in [2.75, 3.05) is 43.9 Å². The van der Waals surface area contributed by atoms with Crippen LogP contribution >= 0.6 is 0 Å². The highest BCUT2D eigenvalue weighted by molar-refractivity contribution is 5.99. The number of benzene rings is 1. The number of likely N-dealkylation sites (tertiary alicyclic amines) is 2. The van der Waals surface area contributed by atoms with E-state index in [0.717, 1.165) is 44.3 Å². The van der Waals surface area contributed by atoms with Crippen LogP contribution in [0, 0.1) is 6.92 Å². The first-order valence-corrected chi connectivity index (χ1v) is 13.9. The molecule has 13 nitrogen and oxygen atoms in total. The SMILES string of the molecule is C=CC(=O)N1CCC[C@H](n2cc(Nc3ncc(C(N)=O)c(Nc4c(C)cc(C(=O)N5CCCC5)cc4OC)n3)cn2)C1. The van der Waals surface area contributed by atoms with E-state index in [-0.39, 0.29) is 35.2 Å². The maximum absolute atomic E-state index is 13.0. The summed E-state index contributed by atoms with van der Waals surface area (Å²) in [4.78, 5) is 49.7. The standard InChI is InChI=1S/C29H35N9O4/c1-4-24(39)37-11-7-8-21(17-37)38-16-20(14-32-38)33-29-31-15-22(26(30)40)27(35-29)34-25-18(2)12-19(13-23(25)42-3)28(41)36-9-5-6-10-36/h4,12-16,21H,1,5-11,17H2,2-3H3,(H2,30,40)(H2,31,33,34,35)/t21-/m0/s1. The minimum Gasteiger partial charge on any atom is -0.495 e. The van der Waals surface area contributed by atoms with Crippen LogP contribution in [0.1, 0.15) is 58.0 Å². The summed E-state index contributed by atoms with van der Waals surface area (Å²) in [5.74, 6) is -0.0117. The van der Waals surface area contributed by atoms with Crippen LogP contribution in [-0.2, 0) is 4.79 Å². The molecular formula is C29H35N9O4. The Balaban J connectivity index is 1.37. The number of carbonyl (C=O) groups excluding carboxylic acids is 3. The molecular weight excluding hydrogens is 538 g/mol. The van der Waals surface area contributed by atoms with Gasteiger partial charge in [0.25, 0.3) is 11.8 Å². The summed E-state index contributed by atoms with van der Waals surface area (Å²) in [7, 11) is 1.52. The van der Waals surface area contributed by atoms with Gasteiger partial charge >= 0.3 is 0 Å². The van der Waals surface area contributed by atoms with Gasteiger partial charge in [0.05, 0.1) is 30.7 Å². The Morgan fingerprint density at radius 2 is 1.86 bits per heavy atom. The van der Waals surface area contributed by atoms with Crippen molar-refractivity contribution in [1.82, 2.24) is 29.5 Å². The van der Waals surface area contributed by atoms with Gasteiger partial charge in [0.2, 0.25) is 11.9 Å². The van der Waals surface area contributed by atoms with Crippen molar-refractivity contribution in [3.8, 4) is 5.75 Å². The van der Waals surface area contributed by atoms with Gasteiger partial charge in [-0.15, -0.1) is 0 Å². The summed E-state index contributed by atoms with van der Waals surface area (Å²) in [5, 5.41) is 10.8. The second-order valence-corrected chi connectivity index (χ2v) is 10.4. The number of hydrogen-bond acceptors (Lipinski definition) is 9. The molecule has 3 aromatic rings. The lowest BCUT2D eigenvalue weighted by molar-refractivity contribution is -0.127. The number of primary amides is 1. The Hall–Kier alpha value is -4.94. The molecule has 2 fully saturated rings. The van der Waals surface area contributed by atoms with Gasteiger partial charge in [0.1, 0.15) is 17.1 Å². The molecule has 3 amide bonds. The molecule has 2 aliphatic heterocycles. The largest absolute Gasteiger partial charge is 0.495 e. The number of carbonyl (C=O) groups is 3. The normalized spacial score (nSPS) is 16.7. The van der Waals surface area contributed by atoms with Gasteiger partial charge in [0.15, 0.2) is 0 Å². The number of anilines is 4. The Kier molecular flexibility index (Phi) is 8.36. The molecule has 42 heavy (non-hydrogen) atoms. The Morgan fingerprint density at radius 1 is 1.10 bits per heavy atom. The van der Waals surface area contributed by atoms with Crippen LogP contribution in [0.5, 0.6) is 5.75 Å². The summed E-state index contributed by atoms with van der Waals surface area (Å²) < 4.78 is 7.44. The van der Waals surface area contributed by atoms with Crippen LogP contribution in [0.4, 0.5) is 23.1 Å². The van der Waals surface area contributed by atoms with Crippen LogP contribution in [0.2, 0.25) is 0 Å². The highest BCUT2D eigenvalue weighted by atomic mass is 16.5. The van der Waals surface area contributed by atoms with E-state index in [0.29, 0.717) is 35.8 Å². The molecule has 0 unspecified atom stereocenters. The lowest BCUT2D eigenvalue weighted by atomic mass is 10.1. The summed E-state index contributed by atoms with van der Waals surface area (Å²) >= 11 is 0. The maximum atomic E-state index is 13.0. The fraction of sp³-hybridized carbons (Fsp3) is 0.379. The molecule has 2 aliphatic rings. The number of rotatable bonds is 9. The van der Waals surface area contributed by atoms with E-state index in [9.17, 15) is 14.4 Å². The lowest BCUT2D eigenvalue weighted by Crippen LogP contribution is -2.39. The third-order valence-corrected chi connectivity index (χ3v) is 7.57. The van der Waals surface area contributed by atoms with Gasteiger partial charge in [-0.2, -0.15) is 10.1 Å². The quantitative estimate of drug-likeness (QED) is 0.327. The first-order valence-electron chi connectivity index (χ1n) is 13.9. The van der Waals surface area contributed by atoms with Crippen LogP contribution in [0.15, 0.2) is 43.4 Å². The number of piperidine rings is 1. The zero-order chi connectivity index (χ0) is 29.8. The summed E-state index contributed by atoms with van der Waals surface area (Å²) in [6, 6.07) is 3.51. The fourth-order valence-electron chi connectivity index (χ4n) is 5.37. The molecule has 0 spiro atoms. The molecule has 13 heteroatoms. The number of nitrogens with zero attached hydrogens (tertiary/aromatic N) is 6. The minimum atomic E-state index is -0.703. The number of aromatic nitrogens is 4. The average Bonchev–Trinajstić information content (AvgIpc) is 3.70. The smallest absolute Gasteiger partial charge is 0.254 e. The topological polar surface area (TPSA) is 161 Å². The average molecular weight is 574 g/mol. The van der Waals surface area contributed by atoms with Crippen LogP contribution in [0.3, 0.4) is 0 Å². The number of amides is 3. The highest BCUT2D eigenvalue weighted by Gasteiger charge is 2.25. The van der Waals surface area contributed by atoms with Gasteiger partial charge in [0, 0.05) is 44.1 Å². The molecule has 1 atom stereocenters. The van der Waals surface area contributed by atoms with Crippen molar-refractivity contribution < 1.29 is 19.1 Å². The van der Waals surface area contributed by atoms with Crippen molar-refractivity contribution in [1.29, 1.82) is 0 Å². The second-order valence-electron chi connectivity index (χ2n) is 10.4. The van der Waals surface area contributed by atoms with Crippen molar-refractivity contribution in [3.05, 3.63) is 60.1 Å². The fourth-order valence-corrected chi connectivity index (χ4v) is 5.37. The molecule has 2 aromatic heterocycles. The van der Waals surface area contributed by atoms with Crippen molar-refractivity contribution in [2.45, 2.75) is 38.6 Å². The number of ether oxygens (including phenoxy) is 1. The number of aryl methyl sites for hydroxylation is 1. The Bertz CT molecular complexity index is 1510. The van der Waals surface area contributed by atoms with E-state index in [1.54, 1.807) is 23.2 Å². The van der Waals surface area contributed by atoms with Gasteiger partial charge in [-0.1, -0.05) is 6.58 Å². The zero-order valence-electron chi connectivity index (χ0n) is 23.8. The Labute approximate surface area is 243 Å². The Morgan fingerprint density at radius 3 is 2.57 bits per heavy atom. The van der Waals surface area contributed by atoms with Crippen molar-refractivity contribution >= 4 is 40.9 Å². The number of hydrogen-bond donors (Lipinski definition) is 3. The second kappa shape index (κ2) is 12.3. The third-order valence-electron chi connectivity index (χ3n) is 7.57. The van der Waals surface area contributed by atoms with E-state index in [1.165, 1.54) is 19.4 Å². The molecule has 0 bridgehead atoms. The molecule has 4 heterocycles. The van der Waals surface area contributed by atoms with Crippen molar-refractivity contribution in [3.63, 3.8) is 0 Å². The van der Waals surface area contributed by atoms with Gasteiger partial charge in [-0.3, -0.25) is 19.1 Å². The molecule has 0 radical (unpaired) electrons. The summed E-state index contributed by atoms with van der Waals surface area (Å²) in [6.45, 7) is 8.16. The first kappa shape index (κ1) is 28.6. The predicted molar refractivity (Wildman–Crippen MR) is 157 cm³/mol. The van der Waals surface area contributed by atoms with Crippen LogP contribution in [0.25, 0.3) is 0 Å². The molecule has 2 saturated heterocycles. The van der Waals surface area contributed by atoms with E-state index in [4.69, 9.17) is 10.5 Å². The number of nitrogens with one attached hydrogen (secondary N) is 2. The molecule has 220 valence electrons. The van der Waals surface area contributed by atoms with E-state index >= 15 is 0 Å². The first-order chi connectivity index (χ1) is 20.3. The summed E-state index contributed by atoms with van der Waals surface area (Å²) in [5.41, 5.74) is 8.17. The third kappa shape index (κ3) is 6.04. The predicted octanol–water partition coefficient (Wildman–Crippen LogP) is 3.16. The van der Waals surface area contributed by atoms with E-state index in [1.807, 2.05) is 22.7 Å². The molecule has 0 saturated carbocycles. The monoisotopic (exact) mass is 573 g/mol. The van der Waals surface area contributed by atoms with E-state index < -0.39 is 5.91 Å². The molecule has 1 aromatic carbocycles. The summed E-state index contributed by atoms with van der Waals surface area (Å²) in [6.07, 6.45) is 9.91. The van der Waals surface area contributed by atoms with Crippen LogP contribution in [-0.4, -0.2) is 80.6 Å². The van der Waals surface area contributed by atoms with Gasteiger partial charge in [-0.05, 0) is 56.4 Å². The minimum absolute atomic E-state index is 0.0318. The van der Waals surface area contributed by atoms with Crippen molar-refractivity contribution in [2.24, 2.45) is 5.73 Å². The van der Waals surface area contributed by atoms with Gasteiger partial charge in [-0.25, -0.2) is 4.98 Å². The van der Waals surface area contributed by atoms with Crippen LogP contribution < -0.4 is 21.1 Å².